The number of carbonyl (C=O) groups is 4. The van der Waals surface area contributed by atoms with E-state index in [1.807, 2.05) is 0 Å². The normalized spacial score (nSPS) is 12.1. The fraction of sp³-hybridized carbons (Fsp3) is 0.0833. The van der Waals surface area contributed by atoms with Gasteiger partial charge in [-0.2, -0.15) is 0 Å². The van der Waals surface area contributed by atoms with E-state index in [4.69, 9.17) is 16.3 Å². The van der Waals surface area contributed by atoms with Crippen LogP contribution >= 0.6 is 11.6 Å². The summed E-state index contributed by atoms with van der Waals surface area (Å²) in [5, 5.41) is 2.60. The second-order valence-corrected chi connectivity index (χ2v) is 7.46. The van der Waals surface area contributed by atoms with Gasteiger partial charge in [-0.05, 0) is 30.3 Å². The van der Waals surface area contributed by atoms with Crippen LogP contribution in [-0.2, 0) is 20.7 Å². The molecule has 0 aromatic heterocycles. The average Bonchev–Trinajstić information content (AvgIpc) is 2.78. The lowest BCUT2D eigenvalue weighted by Gasteiger charge is -2.18. The maximum atomic E-state index is 13.8. The van der Waals surface area contributed by atoms with Crippen LogP contribution in [0.5, 0.6) is 0 Å². The zero-order valence-corrected chi connectivity index (χ0v) is 17.2. The van der Waals surface area contributed by atoms with E-state index in [1.54, 1.807) is 24.3 Å². The molecule has 1 aliphatic rings. The highest BCUT2D eigenvalue weighted by Gasteiger charge is 2.29. The van der Waals surface area contributed by atoms with Gasteiger partial charge in [-0.1, -0.05) is 41.9 Å². The number of hydrogen-bond acceptors (Lipinski definition) is 5. The summed E-state index contributed by atoms with van der Waals surface area (Å²) in [6.07, 6.45) is -0.423. The molecule has 0 saturated heterocycles. The van der Waals surface area contributed by atoms with Crippen molar-refractivity contribution < 1.29 is 28.3 Å². The smallest absolute Gasteiger partial charge is 0.310 e. The van der Waals surface area contributed by atoms with Crippen molar-refractivity contribution >= 4 is 40.7 Å². The van der Waals surface area contributed by atoms with Crippen molar-refractivity contribution in [3.8, 4) is 0 Å². The van der Waals surface area contributed by atoms with Crippen molar-refractivity contribution in [2.24, 2.45) is 0 Å². The van der Waals surface area contributed by atoms with Gasteiger partial charge in [0.15, 0.2) is 18.2 Å². The number of nitrogens with one attached hydrogen (secondary N) is 1. The molecule has 8 heteroatoms. The minimum atomic E-state index is -0.824. The molecule has 32 heavy (non-hydrogen) atoms. The molecule has 4 rings (SSSR count). The molecular weight excluding hydrogens is 437 g/mol. The minimum Gasteiger partial charge on any atom is -0.455 e. The number of ether oxygens (including phenoxy) is 1. The van der Waals surface area contributed by atoms with Crippen LogP contribution in [0.3, 0.4) is 0 Å². The lowest BCUT2D eigenvalue weighted by atomic mass is 9.84. The summed E-state index contributed by atoms with van der Waals surface area (Å²) >= 11 is 5.88. The van der Waals surface area contributed by atoms with Gasteiger partial charge in [0.1, 0.15) is 5.82 Å². The molecule has 0 spiro atoms. The quantitative estimate of drug-likeness (QED) is 0.464. The number of fused-ring (bicyclic) bond motifs is 2. The Morgan fingerprint density at radius 3 is 2.22 bits per heavy atom. The van der Waals surface area contributed by atoms with E-state index in [2.05, 4.69) is 5.32 Å². The van der Waals surface area contributed by atoms with Crippen molar-refractivity contribution in [2.45, 2.75) is 6.42 Å². The molecule has 6 nitrogen and oxygen atoms in total. The van der Waals surface area contributed by atoms with Gasteiger partial charge < -0.3 is 10.1 Å². The van der Waals surface area contributed by atoms with Crippen molar-refractivity contribution in [1.82, 2.24) is 0 Å². The first-order chi connectivity index (χ1) is 15.3. The number of carbonyl (C=O) groups excluding carboxylic acids is 4. The summed E-state index contributed by atoms with van der Waals surface area (Å²) in [7, 11) is 0. The van der Waals surface area contributed by atoms with E-state index in [0.29, 0.717) is 11.1 Å². The predicted molar refractivity (Wildman–Crippen MR) is 114 cm³/mol. The molecule has 0 bridgehead atoms. The molecule has 1 N–H and O–H groups in total. The van der Waals surface area contributed by atoms with Crippen molar-refractivity contribution in [1.29, 1.82) is 0 Å². The van der Waals surface area contributed by atoms with Crippen molar-refractivity contribution in [2.75, 3.05) is 11.9 Å². The van der Waals surface area contributed by atoms with E-state index in [-0.39, 0.29) is 39.0 Å². The second-order valence-electron chi connectivity index (χ2n) is 7.05. The fourth-order valence-corrected chi connectivity index (χ4v) is 3.65. The standard InChI is InChI=1S/C24H15ClFNO5/c25-19-6-3-7-20(26)18(19)11-22(29)32-12-21(28)27-13-8-9-16-17(10-13)24(31)15-5-2-1-4-14(15)23(16)30/h1-10H,11-12H2,(H,27,28). The van der Waals surface area contributed by atoms with Gasteiger partial charge in [0.05, 0.1) is 6.42 Å². The summed E-state index contributed by atoms with van der Waals surface area (Å²) in [6, 6.07) is 14.9. The largest absolute Gasteiger partial charge is 0.455 e. The summed E-state index contributed by atoms with van der Waals surface area (Å²) in [4.78, 5) is 49.5. The Balaban J connectivity index is 1.41. The van der Waals surface area contributed by atoms with Gasteiger partial charge in [0.25, 0.3) is 5.91 Å². The van der Waals surface area contributed by atoms with Gasteiger partial charge in [-0.3, -0.25) is 19.2 Å². The third kappa shape index (κ3) is 4.15. The van der Waals surface area contributed by atoms with E-state index < -0.39 is 30.7 Å². The molecule has 0 heterocycles. The van der Waals surface area contributed by atoms with Crippen molar-refractivity contribution in [3.05, 3.63) is 99.3 Å². The number of benzene rings is 3. The third-order valence-corrected chi connectivity index (χ3v) is 5.31. The van der Waals surface area contributed by atoms with Gasteiger partial charge in [-0.25, -0.2) is 4.39 Å². The Kier molecular flexibility index (Phi) is 5.83. The number of rotatable bonds is 5. The second kappa shape index (κ2) is 8.72. The van der Waals surface area contributed by atoms with Crippen LogP contribution in [0.25, 0.3) is 0 Å². The molecule has 0 saturated carbocycles. The lowest BCUT2D eigenvalue weighted by Crippen LogP contribution is -2.23. The first-order valence-corrected chi connectivity index (χ1v) is 9.94. The Morgan fingerprint density at radius 2 is 1.53 bits per heavy atom. The highest BCUT2D eigenvalue weighted by atomic mass is 35.5. The summed E-state index contributed by atoms with van der Waals surface area (Å²) in [5.41, 5.74) is 1.32. The fourth-order valence-electron chi connectivity index (χ4n) is 3.42. The number of esters is 1. The van der Waals surface area contributed by atoms with Crippen LogP contribution in [0.4, 0.5) is 10.1 Å². The monoisotopic (exact) mass is 451 g/mol. The maximum absolute atomic E-state index is 13.8. The van der Waals surface area contributed by atoms with Gasteiger partial charge >= 0.3 is 5.97 Å². The summed E-state index contributed by atoms with van der Waals surface area (Å²) in [5.74, 6) is -2.72. The summed E-state index contributed by atoms with van der Waals surface area (Å²) < 4.78 is 18.7. The van der Waals surface area contributed by atoms with Gasteiger partial charge in [0, 0.05) is 38.5 Å². The molecule has 1 amide bonds. The molecular formula is C24H15ClFNO5. The minimum absolute atomic E-state index is 0.0160. The van der Waals surface area contributed by atoms with Crippen LogP contribution in [0.15, 0.2) is 60.7 Å². The van der Waals surface area contributed by atoms with E-state index in [1.165, 1.54) is 36.4 Å². The lowest BCUT2D eigenvalue weighted by molar-refractivity contribution is -0.146. The molecule has 3 aromatic carbocycles. The first kappa shape index (κ1) is 21.4. The molecule has 160 valence electrons. The zero-order chi connectivity index (χ0) is 22.8. The highest BCUT2D eigenvalue weighted by molar-refractivity contribution is 6.31. The number of hydrogen-bond donors (Lipinski definition) is 1. The molecule has 1 aliphatic carbocycles. The Bertz CT molecular complexity index is 1270. The number of amides is 1. The Hall–Kier alpha value is -3.84. The van der Waals surface area contributed by atoms with Crippen LogP contribution in [0, 0.1) is 5.82 Å². The van der Waals surface area contributed by atoms with E-state index in [9.17, 15) is 23.6 Å². The van der Waals surface area contributed by atoms with Crippen LogP contribution in [0.1, 0.15) is 37.4 Å². The van der Waals surface area contributed by atoms with Crippen LogP contribution in [-0.4, -0.2) is 30.0 Å². The van der Waals surface area contributed by atoms with Gasteiger partial charge in [-0.15, -0.1) is 0 Å². The average molecular weight is 452 g/mol. The number of anilines is 1. The maximum Gasteiger partial charge on any atom is 0.310 e. The molecule has 0 fully saturated rings. The number of halogens is 2. The summed E-state index contributed by atoms with van der Waals surface area (Å²) in [6.45, 7) is -0.613. The SMILES string of the molecule is O=C(COC(=O)Cc1c(F)cccc1Cl)Nc1ccc2c(c1)C(=O)c1ccccc1C2=O. The van der Waals surface area contributed by atoms with E-state index in [0.717, 1.165) is 0 Å². The predicted octanol–water partition coefficient (Wildman–Crippen LogP) is 3.98. The molecule has 0 atom stereocenters. The van der Waals surface area contributed by atoms with Gasteiger partial charge in [0.2, 0.25) is 0 Å². The topological polar surface area (TPSA) is 89.5 Å². The Morgan fingerprint density at radius 1 is 0.875 bits per heavy atom. The molecule has 0 aliphatic heterocycles. The highest BCUT2D eigenvalue weighted by Crippen LogP contribution is 2.29. The Labute approximate surface area is 187 Å². The zero-order valence-electron chi connectivity index (χ0n) is 16.5. The van der Waals surface area contributed by atoms with E-state index >= 15 is 0 Å². The van der Waals surface area contributed by atoms with Crippen LogP contribution in [0.2, 0.25) is 5.02 Å². The third-order valence-electron chi connectivity index (χ3n) is 4.96. The molecule has 3 aromatic rings. The number of ketones is 2. The van der Waals surface area contributed by atoms with Crippen molar-refractivity contribution in [3.63, 3.8) is 0 Å². The van der Waals surface area contributed by atoms with Crippen LogP contribution < -0.4 is 5.32 Å². The first-order valence-electron chi connectivity index (χ1n) is 9.56. The molecule has 0 unspecified atom stereocenters. The molecule has 0 radical (unpaired) electrons.